The quantitative estimate of drug-likeness (QED) is 0.256. The number of aryl methyl sites for hydroxylation is 3. The maximum absolute atomic E-state index is 14.8. The van der Waals surface area contributed by atoms with Gasteiger partial charge in [-0.05, 0) is 115 Å². The van der Waals surface area contributed by atoms with Crippen molar-refractivity contribution in [2.24, 2.45) is 0 Å². The number of aromatic hydroxyl groups is 1. The molecule has 0 radical (unpaired) electrons. The molecule has 0 bridgehead atoms. The summed E-state index contributed by atoms with van der Waals surface area (Å²) in [5, 5.41) is 15.7. The number of phenolic OH excluding ortho intramolecular Hbond substituents is 1. The minimum absolute atomic E-state index is 0.0891. The van der Waals surface area contributed by atoms with Gasteiger partial charge in [0.2, 0.25) is 5.91 Å². The smallest absolute Gasteiger partial charge is 0.408 e. The van der Waals surface area contributed by atoms with E-state index in [0.717, 1.165) is 22.3 Å². The molecule has 8 nitrogen and oxygen atoms in total. The molecule has 2 unspecified atom stereocenters. The van der Waals surface area contributed by atoms with Crippen LogP contribution in [0.3, 0.4) is 0 Å². The Morgan fingerprint density at radius 1 is 0.818 bits per heavy atom. The predicted molar refractivity (Wildman–Crippen MR) is 175 cm³/mol. The minimum atomic E-state index is -1.07. The summed E-state index contributed by atoms with van der Waals surface area (Å²) in [7, 11) is 0. The number of hydrogen-bond donors (Lipinski definition) is 3. The molecule has 0 aromatic heterocycles. The number of amides is 3. The first kappa shape index (κ1) is 34.2. The van der Waals surface area contributed by atoms with Gasteiger partial charge in [-0.15, -0.1) is 0 Å². The van der Waals surface area contributed by atoms with Crippen LogP contribution < -0.4 is 10.6 Å². The minimum Gasteiger partial charge on any atom is -0.508 e. The molecule has 236 valence electrons. The van der Waals surface area contributed by atoms with E-state index in [-0.39, 0.29) is 18.1 Å². The van der Waals surface area contributed by atoms with Crippen molar-refractivity contribution in [3.63, 3.8) is 0 Å². The Balaban J connectivity index is 2.18. The number of hydrogen-bond acceptors (Lipinski definition) is 5. The Morgan fingerprint density at radius 2 is 1.36 bits per heavy atom. The van der Waals surface area contributed by atoms with Crippen molar-refractivity contribution in [2.75, 3.05) is 5.32 Å². The van der Waals surface area contributed by atoms with Gasteiger partial charge in [0.15, 0.2) is 0 Å². The summed E-state index contributed by atoms with van der Waals surface area (Å²) in [4.78, 5) is 43.9. The van der Waals surface area contributed by atoms with E-state index in [1.165, 1.54) is 12.1 Å². The third kappa shape index (κ3) is 8.62. The number of benzene rings is 3. The van der Waals surface area contributed by atoms with Crippen LogP contribution in [0.2, 0.25) is 0 Å². The topological polar surface area (TPSA) is 108 Å². The van der Waals surface area contributed by atoms with E-state index < -0.39 is 35.2 Å². The summed E-state index contributed by atoms with van der Waals surface area (Å²) < 4.78 is 5.53. The largest absolute Gasteiger partial charge is 0.508 e. The monoisotopic (exact) mass is 601 g/mol. The zero-order valence-electron chi connectivity index (χ0n) is 27.7. The van der Waals surface area contributed by atoms with Crippen LogP contribution in [-0.4, -0.2) is 45.1 Å². The summed E-state index contributed by atoms with van der Waals surface area (Å²) >= 11 is 0. The Morgan fingerprint density at radius 3 is 1.91 bits per heavy atom. The van der Waals surface area contributed by atoms with E-state index in [2.05, 4.69) is 10.6 Å². The van der Waals surface area contributed by atoms with Gasteiger partial charge in [0.1, 0.15) is 23.4 Å². The van der Waals surface area contributed by atoms with E-state index in [4.69, 9.17) is 4.74 Å². The Kier molecular flexibility index (Phi) is 10.5. The number of para-hydroxylation sites is 1. The molecule has 3 aromatic rings. The van der Waals surface area contributed by atoms with Gasteiger partial charge >= 0.3 is 6.09 Å². The van der Waals surface area contributed by atoms with Crippen LogP contribution in [0.1, 0.15) is 81.0 Å². The van der Waals surface area contributed by atoms with Gasteiger partial charge in [0.25, 0.3) is 5.91 Å². The lowest BCUT2D eigenvalue weighted by molar-refractivity contribution is -0.146. The van der Waals surface area contributed by atoms with Crippen molar-refractivity contribution in [3.05, 3.63) is 94.0 Å². The molecule has 0 aliphatic rings. The van der Waals surface area contributed by atoms with Gasteiger partial charge in [-0.1, -0.05) is 48.5 Å². The SMILES string of the molecule is Cc1cccc(C(C(=O)Nc2c(C)cccc2C)N(C(=O)C(Cc2ccc(O)cc2)NC(=O)OC(C)(C)C)C(C)(C)C)c1C. The molecule has 0 aliphatic heterocycles. The molecule has 3 aromatic carbocycles. The average molecular weight is 602 g/mol. The van der Waals surface area contributed by atoms with Crippen LogP contribution in [-0.2, 0) is 20.7 Å². The predicted octanol–water partition coefficient (Wildman–Crippen LogP) is 7.07. The van der Waals surface area contributed by atoms with E-state index >= 15 is 0 Å². The van der Waals surface area contributed by atoms with E-state index in [1.54, 1.807) is 37.8 Å². The summed E-state index contributed by atoms with van der Waals surface area (Å²) in [6, 6.07) is 15.9. The maximum Gasteiger partial charge on any atom is 0.408 e. The van der Waals surface area contributed by atoms with Crippen LogP contribution in [0.25, 0.3) is 0 Å². The first-order valence-electron chi connectivity index (χ1n) is 14.9. The van der Waals surface area contributed by atoms with Crippen molar-refractivity contribution >= 4 is 23.6 Å². The van der Waals surface area contributed by atoms with Crippen LogP contribution in [0.15, 0.2) is 60.7 Å². The molecule has 0 heterocycles. The number of phenols is 1. The second-order valence-corrected chi connectivity index (χ2v) is 13.4. The standard InChI is InChI=1S/C36H47N3O5/c1-22-13-12-16-28(25(22)4)31(32(41)38-30-23(2)14-11-15-24(30)3)39(35(5,6)7)33(42)29(37-34(43)44-36(8,9)10)21-26-17-19-27(40)20-18-26/h11-20,29,31,40H,21H2,1-10H3,(H,37,43)(H,38,41). The van der Waals surface area contributed by atoms with Crippen LogP contribution in [0.4, 0.5) is 10.5 Å². The zero-order chi connectivity index (χ0) is 33.0. The van der Waals surface area contributed by atoms with Gasteiger partial charge in [-0.2, -0.15) is 0 Å². The number of nitrogens with one attached hydrogen (secondary N) is 2. The molecule has 44 heavy (non-hydrogen) atoms. The third-order valence-electron chi connectivity index (χ3n) is 7.50. The van der Waals surface area contributed by atoms with Crippen molar-refractivity contribution < 1.29 is 24.2 Å². The summed E-state index contributed by atoms with van der Waals surface area (Å²) in [6.07, 6.45) is -0.630. The molecule has 0 spiro atoms. The molecule has 0 aliphatic carbocycles. The van der Waals surface area contributed by atoms with Gasteiger partial charge in [-0.25, -0.2) is 4.79 Å². The number of carbonyl (C=O) groups excluding carboxylic acids is 3. The summed E-state index contributed by atoms with van der Waals surface area (Å²) in [6.45, 7) is 18.7. The fraction of sp³-hybridized carbons (Fsp3) is 0.417. The van der Waals surface area contributed by atoms with Gasteiger partial charge in [0, 0.05) is 17.6 Å². The molecule has 3 N–H and O–H groups in total. The van der Waals surface area contributed by atoms with E-state index in [0.29, 0.717) is 16.8 Å². The highest BCUT2D eigenvalue weighted by Crippen LogP contribution is 2.34. The summed E-state index contributed by atoms with van der Waals surface area (Å²) in [5.41, 5.74) is 4.17. The number of rotatable bonds is 8. The Labute approximate surface area is 261 Å². The number of carbonyl (C=O) groups is 3. The first-order chi connectivity index (χ1) is 20.4. The molecular formula is C36H47N3O5. The molecule has 2 atom stereocenters. The highest BCUT2D eigenvalue weighted by Gasteiger charge is 2.42. The van der Waals surface area contributed by atoms with Gasteiger partial charge in [0.05, 0.1) is 0 Å². The number of alkyl carbamates (subject to hydrolysis) is 1. The molecule has 0 fully saturated rings. The van der Waals surface area contributed by atoms with Crippen LogP contribution >= 0.6 is 0 Å². The van der Waals surface area contributed by atoms with Crippen LogP contribution in [0, 0.1) is 27.7 Å². The van der Waals surface area contributed by atoms with E-state index in [9.17, 15) is 19.5 Å². The first-order valence-corrected chi connectivity index (χ1v) is 14.9. The maximum atomic E-state index is 14.8. The molecular weight excluding hydrogens is 554 g/mol. The average Bonchev–Trinajstić information content (AvgIpc) is 2.90. The normalized spacial score (nSPS) is 13.0. The zero-order valence-corrected chi connectivity index (χ0v) is 27.7. The lowest BCUT2D eigenvalue weighted by Crippen LogP contribution is -2.58. The third-order valence-corrected chi connectivity index (χ3v) is 7.50. The lowest BCUT2D eigenvalue weighted by atomic mass is 9.90. The van der Waals surface area contributed by atoms with Gasteiger partial charge < -0.3 is 25.4 Å². The fourth-order valence-electron chi connectivity index (χ4n) is 5.20. The van der Waals surface area contributed by atoms with Gasteiger partial charge in [-0.3, -0.25) is 9.59 Å². The Hall–Kier alpha value is -4.33. The second-order valence-electron chi connectivity index (χ2n) is 13.4. The summed E-state index contributed by atoms with van der Waals surface area (Å²) in [5.74, 6) is -0.717. The Bertz CT molecular complexity index is 1480. The fourth-order valence-corrected chi connectivity index (χ4v) is 5.20. The highest BCUT2D eigenvalue weighted by atomic mass is 16.6. The van der Waals surface area contributed by atoms with Crippen molar-refractivity contribution in [1.29, 1.82) is 0 Å². The highest BCUT2D eigenvalue weighted by molar-refractivity contribution is 6.00. The number of nitrogens with zero attached hydrogens (tertiary/aromatic N) is 1. The molecule has 8 heteroatoms. The molecule has 3 rings (SSSR count). The molecule has 0 saturated heterocycles. The van der Waals surface area contributed by atoms with Crippen molar-refractivity contribution in [1.82, 2.24) is 10.2 Å². The second kappa shape index (κ2) is 13.5. The lowest BCUT2D eigenvalue weighted by Gasteiger charge is -2.43. The number of anilines is 1. The van der Waals surface area contributed by atoms with Crippen molar-refractivity contribution in [3.8, 4) is 5.75 Å². The number of ether oxygens (including phenoxy) is 1. The molecule has 3 amide bonds. The van der Waals surface area contributed by atoms with Crippen LogP contribution in [0.5, 0.6) is 5.75 Å². The van der Waals surface area contributed by atoms with E-state index in [1.807, 2.05) is 84.9 Å². The molecule has 0 saturated carbocycles. The van der Waals surface area contributed by atoms with Crippen molar-refractivity contribution in [2.45, 2.75) is 98.9 Å².